The van der Waals surface area contributed by atoms with Gasteiger partial charge in [-0.3, -0.25) is 4.79 Å². The minimum absolute atomic E-state index is 0.0545. The lowest BCUT2D eigenvalue weighted by Gasteiger charge is -2.32. The predicted molar refractivity (Wildman–Crippen MR) is 62.6 cm³/mol. The first-order valence-electron chi connectivity index (χ1n) is 5.17. The second-order valence-electron chi connectivity index (χ2n) is 3.88. The number of nitrogens with zero attached hydrogens (tertiary/aromatic N) is 1. The molecule has 0 saturated carbocycles. The van der Waals surface area contributed by atoms with Gasteiger partial charge in [0.25, 0.3) is 5.91 Å². The monoisotopic (exact) mass is 230 g/mol. The van der Waals surface area contributed by atoms with Crippen molar-refractivity contribution in [3.63, 3.8) is 0 Å². The van der Waals surface area contributed by atoms with Crippen LogP contribution >= 0.6 is 12.2 Å². The van der Waals surface area contributed by atoms with Crippen LogP contribution < -0.4 is 5.73 Å². The molecule has 1 aliphatic heterocycles. The quantitative estimate of drug-likeness (QED) is 0.719. The molecule has 1 fully saturated rings. The third-order valence-corrected chi connectivity index (χ3v) is 3.24. The van der Waals surface area contributed by atoms with Crippen molar-refractivity contribution in [2.75, 3.05) is 20.2 Å². The lowest BCUT2D eigenvalue weighted by Crippen LogP contribution is -2.45. The van der Waals surface area contributed by atoms with Gasteiger partial charge in [-0.1, -0.05) is 12.2 Å². The van der Waals surface area contributed by atoms with Crippen molar-refractivity contribution in [2.24, 2.45) is 11.7 Å². The van der Waals surface area contributed by atoms with E-state index in [1.165, 1.54) is 0 Å². The van der Waals surface area contributed by atoms with Crippen molar-refractivity contribution in [1.29, 1.82) is 0 Å². The lowest BCUT2D eigenvalue weighted by atomic mass is 9.97. The fourth-order valence-corrected chi connectivity index (χ4v) is 1.98. The Hall–Kier alpha value is -0.680. The van der Waals surface area contributed by atoms with Crippen LogP contribution in [0, 0.1) is 5.92 Å². The van der Waals surface area contributed by atoms with Crippen LogP contribution in [0.5, 0.6) is 0 Å². The van der Waals surface area contributed by atoms with E-state index in [-0.39, 0.29) is 12.0 Å². The van der Waals surface area contributed by atoms with Crippen molar-refractivity contribution in [3.8, 4) is 0 Å². The Kier molecular flexibility index (Phi) is 4.47. The summed E-state index contributed by atoms with van der Waals surface area (Å²) in [5.74, 6) is 0.348. The molecule has 0 aromatic carbocycles. The number of carbonyl (C=O) groups is 1. The Morgan fingerprint density at radius 1 is 1.53 bits per heavy atom. The molecular formula is C10H18N2O2S. The van der Waals surface area contributed by atoms with Crippen LogP contribution in [0.4, 0.5) is 0 Å². The van der Waals surface area contributed by atoms with E-state index in [0.29, 0.717) is 10.9 Å². The normalized spacial score (nSPS) is 20.0. The minimum atomic E-state index is -0.355. The molecular weight excluding hydrogens is 212 g/mol. The summed E-state index contributed by atoms with van der Waals surface area (Å²) in [5.41, 5.74) is 5.58. The number of carbonyl (C=O) groups excluding carboxylic acids is 1. The van der Waals surface area contributed by atoms with Crippen molar-refractivity contribution >= 4 is 23.1 Å². The summed E-state index contributed by atoms with van der Waals surface area (Å²) in [4.78, 5) is 14.1. The summed E-state index contributed by atoms with van der Waals surface area (Å²) in [5, 5.41) is 0. The first-order chi connectivity index (χ1) is 7.06. The maximum absolute atomic E-state index is 11.7. The number of amides is 1. The van der Waals surface area contributed by atoms with Crippen LogP contribution in [-0.4, -0.2) is 42.1 Å². The highest BCUT2D eigenvalue weighted by molar-refractivity contribution is 7.80. The van der Waals surface area contributed by atoms with Crippen LogP contribution in [-0.2, 0) is 9.53 Å². The van der Waals surface area contributed by atoms with Gasteiger partial charge < -0.3 is 15.4 Å². The van der Waals surface area contributed by atoms with Gasteiger partial charge in [-0.2, -0.15) is 0 Å². The molecule has 1 atom stereocenters. The summed E-state index contributed by atoms with van der Waals surface area (Å²) >= 11 is 4.94. The number of nitrogens with two attached hydrogens (primary N) is 1. The van der Waals surface area contributed by atoms with E-state index in [0.717, 1.165) is 25.9 Å². The molecule has 2 N–H and O–H groups in total. The van der Waals surface area contributed by atoms with E-state index in [1.54, 1.807) is 14.0 Å². The van der Waals surface area contributed by atoms with Crippen molar-refractivity contribution in [2.45, 2.75) is 25.9 Å². The van der Waals surface area contributed by atoms with E-state index in [9.17, 15) is 4.79 Å². The Morgan fingerprint density at radius 3 is 2.47 bits per heavy atom. The van der Waals surface area contributed by atoms with Gasteiger partial charge in [0.15, 0.2) is 0 Å². The van der Waals surface area contributed by atoms with Gasteiger partial charge in [0.1, 0.15) is 6.10 Å². The predicted octanol–water partition coefficient (Wildman–Crippen LogP) is 0.546. The van der Waals surface area contributed by atoms with Crippen LogP contribution in [0.2, 0.25) is 0 Å². The number of ether oxygens (including phenoxy) is 1. The summed E-state index contributed by atoms with van der Waals surface area (Å²) in [6.45, 7) is 3.23. The number of rotatable bonds is 3. The first kappa shape index (κ1) is 12.4. The zero-order chi connectivity index (χ0) is 11.4. The SMILES string of the molecule is COC(C)C(=O)N1CCC(C(N)=S)CC1. The van der Waals surface area contributed by atoms with Crippen LogP contribution in [0.25, 0.3) is 0 Å². The molecule has 0 aromatic rings. The Balaban J connectivity index is 2.43. The average molecular weight is 230 g/mol. The van der Waals surface area contributed by atoms with Gasteiger partial charge >= 0.3 is 0 Å². The third-order valence-electron chi connectivity index (χ3n) is 2.91. The maximum atomic E-state index is 11.7. The molecule has 1 unspecified atom stereocenters. The fourth-order valence-electron chi connectivity index (χ4n) is 1.74. The van der Waals surface area contributed by atoms with Gasteiger partial charge in [0.05, 0.1) is 4.99 Å². The summed E-state index contributed by atoms with van der Waals surface area (Å²) < 4.78 is 5.00. The number of hydrogen-bond donors (Lipinski definition) is 1. The molecule has 86 valence electrons. The largest absolute Gasteiger partial charge is 0.393 e. The van der Waals surface area contributed by atoms with E-state index in [1.807, 2.05) is 4.90 Å². The number of likely N-dealkylation sites (tertiary alicyclic amines) is 1. The van der Waals surface area contributed by atoms with E-state index in [2.05, 4.69) is 0 Å². The average Bonchev–Trinajstić information content (AvgIpc) is 2.27. The molecule has 15 heavy (non-hydrogen) atoms. The fraction of sp³-hybridized carbons (Fsp3) is 0.800. The molecule has 1 amide bonds. The van der Waals surface area contributed by atoms with Gasteiger partial charge in [-0.25, -0.2) is 0 Å². The van der Waals surface area contributed by atoms with Crippen molar-refractivity contribution in [1.82, 2.24) is 4.90 Å². The van der Waals surface area contributed by atoms with Gasteiger partial charge in [0.2, 0.25) is 0 Å². The number of piperidine rings is 1. The Morgan fingerprint density at radius 2 is 2.07 bits per heavy atom. The maximum Gasteiger partial charge on any atom is 0.251 e. The highest BCUT2D eigenvalue weighted by atomic mass is 32.1. The molecule has 1 saturated heterocycles. The second-order valence-corrected chi connectivity index (χ2v) is 4.35. The van der Waals surface area contributed by atoms with Crippen molar-refractivity contribution in [3.05, 3.63) is 0 Å². The van der Waals surface area contributed by atoms with Gasteiger partial charge in [-0.15, -0.1) is 0 Å². The summed E-state index contributed by atoms with van der Waals surface area (Å²) in [6.07, 6.45) is 1.39. The first-order valence-corrected chi connectivity index (χ1v) is 5.58. The van der Waals surface area contributed by atoms with Crippen LogP contribution in [0.3, 0.4) is 0 Å². The summed E-state index contributed by atoms with van der Waals surface area (Å²) in [6, 6.07) is 0. The van der Waals surface area contributed by atoms with Crippen LogP contribution in [0.1, 0.15) is 19.8 Å². The molecule has 1 aliphatic rings. The second kappa shape index (κ2) is 5.42. The number of methoxy groups -OCH3 is 1. The lowest BCUT2D eigenvalue weighted by molar-refractivity contribution is -0.142. The molecule has 0 aromatic heterocycles. The molecule has 0 aliphatic carbocycles. The minimum Gasteiger partial charge on any atom is -0.393 e. The van der Waals surface area contributed by atoms with E-state index >= 15 is 0 Å². The molecule has 4 nitrogen and oxygen atoms in total. The highest BCUT2D eigenvalue weighted by Crippen LogP contribution is 2.18. The third kappa shape index (κ3) is 3.14. The van der Waals surface area contributed by atoms with E-state index in [4.69, 9.17) is 22.7 Å². The number of thiocarbonyl (C=S) groups is 1. The highest BCUT2D eigenvalue weighted by Gasteiger charge is 2.26. The zero-order valence-corrected chi connectivity index (χ0v) is 10.0. The molecule has 5 heteroatoms. The standard InChI is InChI=1S/C10H18N2O2S/c1-7(14-2)10(13)12-5-3-8(4-6-12)9(11)15/h7-8H,3-6H2,1-2H3,(H2,11,15). The molecule has 0 radical (unpaired) electrons. The molecule has 0 spiro atoms. The van der Waals surface area contributed by atoms with Gasteiger partial charge in [0, 0.05) is 26.1 Å². The van der Waals surface area contributed by atoms with Gasteiger partial charge in [-0.05, 0) is 19.8 Å². The molecule has 0 bridgehead atoms. The zero-order valence-electron chi connectivity index (χ0n) is 9.23. The Bertz CT molecular complexity index is 250. The number of hydrogen-bond acceptors (Lipinski definition) is 3. The van der Waals surface area contributed by atoms with E-state index < -0.39 is 0 Å². The summed E-state index contributed by atoms with van der Waals surface area (Å²) in [7, 11) is 1.55. The molecule has 1 heterocycles. The molecule has 1 rings (SSSR count). The van der Waals surface area contributed by atoms with Crippen LogP contribution in [0.15, 0.2) is 0 Å². The smallest absolute Gasteiger partial charge is 0.251 e. The Labute approximate surface area is 95.8 Å². The van der Waals surface area contributed by atoms with Crippen molar-refractivity contribution < 1.29 is 9.53 Å². The topological polar surface area (TPSA) is 55.6 Å².